The van der Waals surface area contributed by atoms with Gasteiger partial charge in [0.05, 0.1) is 0 Å². The smallest absolute Gasteiger partial charge is 0.225 e. The first-order valence-corrected chi connectivity index (χ1v) is 9.99. The number of hydrogen-bond acceptors (Lipinski definition) is 3. The van der Waals surface area contributed by atoms with Crippen molar-refractivity contribution in [3.8, 4) is 0 Å². The van der Waals surface area contributed by atoms with Crippen LogP contribution in [0.2, 0.25) is 0 Å². The number of halogens is 1. The molecule has 1 aliphatic heterocycles. The SMILES string of the molecule is Cl.NC1CCCC(C(=O)N2CCN(C(=O)CCCc3ccccc3)CC2)C1. The number of nitrogens with two attached hydrogens (primary N) is 1. The summed E-state index contributed by atoms with van der Waals surface area (Å²) in [5.41, 5.74) is 7.30. The van der Waals surface area contributed by atoms with Crippen molar-refractivity contribution in [2.24, 2.45) is 11.7 Å². The number of amides is 2. The molecular weight excluding hydrogens is 362 g/mol. The van der Waals surface area contributed by atoms with Crippen molar-refractivity contribution in [1.29, 1.82) is 0 Å². The van der Waals surface area contributed by atoms with Crippen LogP contribution >= 0.6 is 12.4 Å². The van der Waals surface area contributed by atoms with Gasteiger partial charge < -0.3 is 15.5 Å². The van der Waals surface area contributed by atoms with Crippen LogP contribution in [0.5, 0.6) is 0 Å². The molecular formula is C21H32ClN3O2. The molecule has 2 unspecified atom stereocenters. The molecule has 2 aliphatic rings. The van der Waals surface area contributed by atoms with Gasteiger partial charge in [0.1, 0.15) is 0 Å². The molecule has 150 valence electrons. The Kier molecular flexibility index (Phi) is 8.58. The summed E-state index contributed by atoms with van der Waals surface area (Å²) in [4.78, 5) is 28.9. The second-order valence-electron chi connectivity index (χ2n) is 7.67. The van der Waals surface area contributed by atoms with Crippen molar-refractivity contribution in [2.45, 2.75) is 51.0 Å². The van der Waals surface area contributed by atoms with E-state index in [1.54, 1.807) is 0 Å². The summed E-state index contributed by atoms with van der Waals surface area (Å²) in [7, 11) is 0. The number of benzene rings is 1. The van der Waals surface area contributed by atoms with Crippen molar-refractivity contribution >= 4 is 24.2 Å². The standard InChI is InChI=1S/C21H31N3O2.ClH/c22-19-10-5-9-18(16-19)21(26)24-14-12-23(13-15-24)20(25)11-4-8-17-6-2-1-3-7-17;/h1-3,6-7,18-19H,4-5,8-16,22H2;1H. The van der Waals surface area contributed by atoms with Crippen LogP contribution in [0.25, 0.3) is 0 Å². The van der Waals surface area contributed by atoms with Crippen molar-refractivity contribution in [2.75, 3.05) is 26.2 Å². The first-order valence-electron chi connectivity index (χ1n) is 9.99. The first kappa shape index (κ1) is 21.7. The summed E-state index contributed by atoms with van der Waals surface area (Å²) in [5, 5.41) is 0. The first-order chi connectivity index (χ1) is 12.6. The zero-order valence-electron chi connectivity index (χ0n) is 16.0. The molecule has 0 spiro atoms. The van der Waals surface area contributed by atoms with E-state index in [9.17, 15) is 9.59 Å². The van der Waals surface area contributed by atoms with Gasteiger partial charge in [0.2, 0.25) is 11.8 Å². The van der Waals surface area contributed by atoms with E-state index in [0.29, 0.717) is 32.6 Å². The largest absolute Gasteiger partial charge is 0.339 e. The zero-order valence-corrected chi connectivity index (χ0v) is 16.8. The van der Waals surface area contributed by atoms with Crippen LogP contribution < -0.4 is 5.73 Å². The Morgan fingerprint density at radius 2 is 1.67 bits per heavy atom. The van der Waals surface area contributed by atoms with Gasteiger partial charge in [0.15, 0.2) is 0 Å². The maximum Gasteiger partial charge on any atom is 0.225 e. The molecule has 1 saturated heterocycles. The normalized spacial score (nSPS) is 22.9. The molecule has 1 aliphatic carbocycles. The van der Waals surface area contributed by atoms with Gasteiger partial charge in [-0.3, -0.25) is 9.59 Å². The van der Waals surface area contributed by atoms with Crippen molar-refractivity contribution in [3.63, 3.8) is 0 Å². The summed E-state index contributed by atoms with van der Waals surface area (Å²) in [6, 6.07) is 10.5. The van der Waals surface area contributed by atoms with Gasteiger partial charge in [-0.15, -0.1) is 12.4 Å². The lowest BCUT2D eigenvalue weighted by Gasteiger charge is -2.37. The Bertz CT molecular complexity index is 603. The highest BCUT2D eigenvalue weighted by Gasteiger charge is 2.31. The molecule has 2 amide bonds. The molecule has 2 N–H and O–H groups in total. The molecule has 27 heavy (non-hydrogen) atoms. The molecule has 0 bridgehead atoms. The number of nitrogens with zero attached hydrogens (tertiary/aromatic N) is 2. The number of hydrogen-bond donors (Lipinski definition) is 1. The average Bonchev–Trinajstić information content (AvgIpc) is 2.68. The summed E-state index contributed by atoms with van der Waals surface area (Å²) in [6.07, 6.45) is 6.27. The minimum Gasteiger partial charge on any atom is -0.339 e. The number of piperazine rings is 1. The van der Waals surface area contributed by atoms with Crippen LogP contribution in [0.4, 0.5) is 0 Å². The highest BCUT2D eigenvalue weighted by Crippen LogP contribution is 2.25. The maximum atomic E-state index is 12.7. The van der Waals surface area contributed by atoms with E-state index in [1.165, 1.54) is 5.56 Å². The molecule has 1 heterocycles. The van der Waals surface area contributed by atoms with Crippen LogP contribution in [0.15, 0.2) is 30.3 Å². The third-order valence-corrected chi connectivity index (χ3v) is 5.71. The number of aryl methyl sites for hydroxylation is 1. The Hall–Kier alpha value is -1.59. The third kappa shape index (κ3) is 6.22. The lowest BCUT2D eigenvalue weighted by Crippen LogP contribution is -2.52. The van der Waals surface area contributed by atoms with Gasteiger partial charge in [0.25, 0.3) is 0 Å². The lowest BCUT2D eigenvalue weighted by atomic mass is 9.85. The van der Waals surface area contributed by atoms with Gasteiger partial charge in [-0.1, -0.05) is 36.8 Å². The minimum atomic E-state index is 0. The highest BCUT2D eigenvalue weighted by molar-refractivity contribution is 5.85. The predicted molar refractivity (Wildman–Crippen MR) is 110 cm³/mol. The second kappa shape index (κ2) is 10.7. The molecule has 1 saturated carbocycles. The van der Waals surface area contributed by atoms with Crippen molar-refractivity contribution in [3.05, 3.63) is 35.9 Å². The van der Waals surface area contributed by atoms with Crippen LogP contribution in [-0.2, 0) is 16.0 Å². The topological polar surface area (TPSA) is 66.6 Å². The summed E-state index contributed by atoms with van der Waals surface area (Å²) in [5.74, 6) is 0.552. The Labute approximate surface area is 168 Å². The van der Waals surface area contributed by atoms with E-state index < -0.39 is 0 Å². The molecule has 1 aromatic carbocycles. The Morgan fingerprint density at radius 3 is 2.33 bits per heavy atom. The molecule has 2 fully saturated rings. The van der Waals surface area contributed by atoms with Gasteiger partial charge in [-0.2, -0.15) is 0 Å². The van der Waals surface area contributed by atoms with Crippen LogP contribution in [0.3, 0.4) is 0 Å². The van der Waals surface area contributed by atoms with E-state index in [0.717, 1.165) is 38.5 Å². The monoisotopic (exact) mass is 393 g/mol. The van der Waals surface area contributed by atoms with E-state index in [4.69, 9.17) is 5.73 Å². The number of carbonyl (C=O) groups is 2. The van der Waals surface area contributed by atoms with E-state index in [2.05, 4.69) is 12.1 Å². The number of rotatable bonds is 5. The van der Waals surface area contributed by atoms with Crippen LogP contribution in [-0.4, -0.2) is 53.8 Å². The summed E-state index contributed by atoms with van der Waals surface area (Å²) < 4.78 is 0. The zero-order chi connectivity index (χ0) is 18.4. The van der Waals surface area contributed by atoms with Crippen LogP contribution in [0, 0.1) is 5.92 Å². The molecule has 0 aromatic heterocycles. The summed E-state index contributed by atoms with van der Waals surface area (Å²) in [6.45, 7) is 2.65. The molecule has 1 aromatic rings. The van der Waals surface area contributed by atoms with E-state index in [1.807, 2.05) is 28.0 Å². The Balaban J connectivity index is 0.00000261. The molecule has 6 heteroatoms. The number of carbonyl (C=O) groups excluding carboxylic acids is 2. The predicted octanol–water partition coefficient (Wildman–Crippen LogP) is 2.62. The molecule has 5 nitrogen and oxygen atoms in total. The van der Waals surface area contributed by atoms with Gasteiger partial charge >= 0.3 is 0 Å². The highest BCUT2D eigenvalue weighted by atomic mass is 35.5. The van der Waals surface area contributed by atoms with Gasteiger partial charge in [-0.25, -0.2) is 0 Å². The van der Waals surface area contributed by atoms with Gasteiger partial charge in [-0.05, 0) is 37.7 Å². The Morgan fingerprint density at radius 1 is 1.00 bits per heavy atom. The molecule has 2 atom stereocenters. The maximum absolute atomic E-state index is 12.7. The van der Waals surface area contributed by atoms with E-state index in [-0.39, 0.29) is 36.2 Å². The van der Waals surface area contributed by atoms with Crippen molar-refractivity contribution in [1.82, 2.24) is 9.80 Å². The van der Waals surface area contributed by atoms with Crippen molar-refractivity contribution < 1.29 is 9.59 Å². The average molecular weight is 394 g/mol. The third-order valence-electron chi connectivity index (χ3n) is 5.71. The van der Waals surface area contributed by atoms with Crippen LogP contribution in [0.1, 0.15) is 44.1 Å². The fourth-order valence-electron chi connectivity index (χ4n) is 4.13. The summed E-state index contributed by atoms with van der Waals surface area (Å²) >= 11 is 0. The fourth-order valence-corrected chi connectivity index (χ4v) is 4.13. The quantitative estimate of drug-likeness (QED) is 0.836. The van der Waals surface area contributed by atoms with E-state index >= 15 is 0 Å². The minimum absolute atomic E-state index is 0. The second-order valence-corrected chi connectivity index (χ2v) is 7.67. The lowest BCUT2D eigenvalue weighted by molar-refractivity contribution is -0.143. The van der Waals surface area contributed by atoms with Gasteiger partial charge in [0, 0.05) is 44.6 Å². The molecule has 0 radical (unpaired) electrons. The fraction of sp³-hybridized carbons (Fsp3) is 0.619. The molecule has 3 rings (SSSR count).